The van der Waals surface area contributed by atoms with Crippen molar-refractivity contribution in [2.45, 2.75) is 32.9 Å². The van der Waals surface area contributed by atoms with E-state index in [1.165, 1.54) is 0 Å². The van der Waals surface area contributed by atoms with Gasteiger partial charge in [0.25, 0.3) is 5.91 Å². The van der Waals surface area contributed by atoms with Crippen LogP contribution in [0.25, 0.3) is 20.8 Å². The van der Waals surface area contributed by atoms with Gasteiger partial charge in [-0.3, -0.25) is 9.69 Å². The van der Waals surface area contributed by atoms with E-state index < -0.39 is 5.60 Å². The Kier molecular flexibility index (Phi) is 7.88. The third-order valence-electron chi connectivity index (χ3n) is 6.41. The van der Waals surface area contributed by atoms with Gasteiger partial charge in [0.15, 0.2) is 0 Å². The number of hydrogen-bond donors (Lipinski definition) is 1. The molecule has 0 unspecified atom stereocenters. The zero-order valence-electron chi connectivity index (χ0n) is 22.2. The summed E-state index contributed by atoms with van der Waals surface area (Å²) in [5, 5.41) is 4.38. The molecule has 0 aliphatic carbocycles. The molecule has 1 N–H and O–H groups in total. The van der Waals surface area contributed by atoms with E-state index in [-0.39, 0.29) is 12.0 Å². The summed E-state index contributed by atoms with van der Waals surface area (Å²) in [4.78, 5) is 34.5. The van der Waals surface area contributed by atoms with Crippen molar-refractivity contribution >= 4 is 50.8 Å². The number of carbonyl (C=O) groups excluding carboxylic acids is 2. The fourth-order valence-corrected chi connectivity index (χ4v) is 5.75. The van der Waals surface area contributed by atoms with Crippen molar-refractivity contribution in [3.63, 3.8) is 0 Å². The molecule has 1 aliphatic heterocycles. The molecule has 1 saturated heterocycles. The lowest BCUT2D eigenvalue weighted by molar-refractivity contribution is 0.0139. The number of aromatic nitrogens is 1. The maximum absolute atomic E-state index is 12.9. The molecule has 0 spiro atoms. The number of carbonyl (C=O) groups is 2. The molecule has 0 radical (unpaired) electrons. The topological polar surface area (TPSA) is 74.8 Å². The molecule has 7 nitrogen and oxygen atoms in total. The Bertz CT molecular complexity index is 1510. The monoisotopic (exact) mass is 562 g/mol. The number of rotatable bonds is 5. The highest BCUT2D eigenvalue weighted by atomic mass is 35.5. The van der Waals surface area contributed by atoms with E-state index >= 15 is 0 Å². The SMILES string of the molecule is CC(C)(C)OC(=O)N1CCN(Cc2cccc3sc(-c4ccccc4NC(=O)c4cccc(Cl)c4)nc23)CC1. The fourth-order valence-electron chi connectivity index (χ4n) is 4.51. The van der Waals surface area contributed by atoms with Crippen molar-refractivity contribution in [2.24, 2.45) is 0 Å². The number of hydrogen-bond acceptors (Lipinski definition) is 6. The molecule has 202 valence electrons. The van der Waals surface area contributed by atoms with Crippen molar-refractivity contribution in [2.75, 3.05) is 31.5 Å². The van der Waals surface area contributed by atoms with Crippen molar-refractivity contribution in [3.05, 3.63) is 82.9 Å². The molecule has 2 amide bonds. The van der Waals surface area contributed by atoms with Gasteiger partial charge in [-0.2, -0.15) is 0 Å². The van der Waals surface area contributed by atoms with E-state index in [0.29, 0.717) is 29.4 Å². The number of amides is 2. The molecule has 2 heterocycles. The summed E-state index contributed by atoms with van der Waals surface area (Å²) in [6.07, 6.45) is -0.255. The molecule has 3 aromatic carbocycles. The summed E-state index contributed by atoms with van der Waals surface area (Å²) in [7, 11) is 0. The van der Waals surface area contributed by atoms with Crippen LogP contribution in [0.3, 0.4) is 0 Å². The first-order valence-corrected chi connectivity index (χ1v) is 14.1. The van der Waals surface area contributed by atoms with Gasteiger partial charge in [-0.05, 0) is 62.7 Å². The summed E-state index contributed by atoms with van der Waals surface area (Å²) < 4.78 is 6.61. The van der Waals surface area contributed by atoms with Gasteiger partial charge in [0.05, 0.1) is 15.9 Å². The lowest BCUT2D eigenvalue weighted by Gasteiger charge is -2.35. The highest BCUT2D eigenvalue weighted by Gasteiger charge is 2.26. The van der Waals surface area contributed by atoms with Gasteiger partial charge >= 0.3 is 6.09 Å². The molecule has 39 heavy (non-hydrogen) atoms. The second-order valence-electron chi connectivity index (χ2n) is 10.5. The van der Waals surface area contributed by atoms with Crippen molar-refractivity contribution < 1.29 is 14.3 Å². The number of nitrogens with one attached hydrogen (secondary N) is 1. The number of halogens is 1. The van der Waals surface area contributed by atoms with Crippen molar-refractivity contribution in [1.82, 2.24) is 14.8 Å². The maximum Gasteiger partial charge on any atom is 0.410 e. The summed E-state index contributed by atoms with van der Waals surface area (Å²) in [5.41, 5.74) is 3.66. The number of anilines is 1. The van der Waals surface area contributed by atoms with Crippen molar-refractivity contribution in [3.8, 4) is 10.6 Å². The van der Waals surface area contributed by atoms with Crippen LogP contribution in [0.4, 0.5) is 10.5 Å². The molecule has 5 rings (SSSR count). The molecule has 0 saturated carbocycles. The first-order valence-electron chi connectivity index (χ1n) is 12.9. The van der Waals surface area contributed by atoms with Crippen molar-refractivity contribution in [1.29, 1.82) is 0 Å². The van der Waals surface area contributed by atoms with Crippen LogP contribution in [-0.2, 0) is 11.3 Å². The largest absolute Gasteiger partial charge is 0.444 e. The highest BCUT2D eigenvalue weighted by molar-refractivity contribution is 7.21. The van der Waals surface area contributed by atoms with Crippen LogP contribution in [0.2, 0.25) is 5.02 Å². The minimum atomic E-state index is -0.497. The zero-order chi connectivity index (χ0) is 27.6. The predicted octanol–water partition coefficient (Wildman–Crippen LogP) is 6.92. The Morgan fingerprint density at radius 2 is 1.74 bits per heavy atom. The van der Waals surface area contributed by atoms with E-state index in [9.17, 15) is 9.59 Å². The van der Waals surface area contributed by atoms with E-state index in [0.717, 1.165) is 46.0 Å². The summed E-state index contributed by atoms with van der Waals surface area (Å²) in [6.45, 7) is 9.20. The number of para-hydroxylation sites is 2. The number of fused-ring (bicyclic) bond motifs is 1. The quantitative estimate of drug-likeness (QED) is 0.286. The molecule has 4 aromatic rings. The zero-order valence-corrected chi connectivity index (χ0v) is 23.8. The summed E-state index contributed by atoms with van der Waals surface area (Å²) >= 11 is 7.68. The minimum absolute atomic E-state index is 0.225. The van der Waals surface area contributed by atoms with E-state index in [4.69, 9.17) is 21.3 Å². The molecule has 1 fully saturated rings. The molecule has 0 bridgehead atoms. The van der Waals surface area contributed by atoms with Gasteiger partial charge in [-0.1, -0.05) is 41.9 Å². The average Bonchev–Trinajstić information content (AvgIpc) is 3.34. The van der Waals surface area contributed by atoms with Crippen LogP contribution in [0, 0.1) is 0 Å². The summed E-state index contributed by atoms with van der Waals surface area (Å²) in [6, 6.07) is 20.8. The maximum atomic E-state index is 12.9. The number of ether oxygens (including phenoxy) is 1. The second kappa shape index (κ2) is 11.3. The lowest BCUT2D eigenvalue weighted by Crippen LogP contribution is -2.49. The van der Waals surface area contributed by atoms with E-state index in [2.05, 4.69) is 28.4 Å². The average molecular weight is 563 g/mol. The number of thiazole rings is 1. The molecular weight excluding hydrogens is 532 g/mol. The minimum Gasteiger partial charge on any atom is -0.444 e. The molecular formula is C30H31ClN4O3S. The van der Waals surface area contributed by atoms with Gasteiger partial charge in [0, 0.05) is 48.9 Å². The third kappa shape index (κ3) is 6.58. The smallest absolute Gasteiger partial charge is 0.410 e. The molecule has 0 atom stereocenters. The van der Waals surface area contributed by atoms with E-state index in [1.807, 2.05) is 45.0 Å². The Morgan fingerprint density at radius 3 is 2.49 bits per heavy atom. The number of piperazine rings is 1. The summed E-state index contributed by atoms with van der Waals surface area (Å²) in [5.74, 6) is -0.225. The van der Waals surface area contributed by atoms with Crippen LogP contribution >= 0.6 is 22.9 Å². The first-order chi connectivity index (χ1) is 18.7. The van der Waals surface area contributed by atoms with Gasteiger partial charge in [-0.25, -0.2) is 9.78 Å². The Labute approximate surface area is 237 Å². The van der Waals surface area contributed by atoms with Gasteiger partial charge in [-0.15, -0.1) is 11.3 Å². The standard InChI is InChI=1S/C30H31ClN4O3S/c1-30(2,3)38-29(37)35-16-14-34(15-17-35)19-21-9-7-13-25-26(21)33-28(39-25)23-11-4-5-12-24(23)32-27(36)20-8-6-10-22(31)18-20/h4-13,18H,14-17,19H2,1-3H3,(H,32,36). The van der Waals surface area contributed by atoms with Crippen LogP contribution in [-0.4, -0.2) is 58.6 Å². The van der Waals surface area contributed by atoms with Crippen LogP contribution in [0.1, 0.15) is 36.7 Å². The van der Waals surface area contributed by atoms with E-state index in [1.54, 1.807) is 40.5 Å². The van der Waals surface area contributed by atoms with Crippen LogP contribution in [0.5, 0.6) is 0 Å². The highest BCUT2D eigenvalue weighted by Crippen LogP contribution is 2.36. The van der Waals surface area contributed by atoms with Gasteiger partial charge in [0.1, 0.15) is 10.6 Å². The second-order valence-corrected chi connectivity index (χ2v) is 12.0. The Hall–Kier alpha value is -3.46. The Morgan fingerprint density at radius 1 is 1.00 bits per heavy atom. The number of benzene rings is 3. The predicted molar refractivity (Wildman–Crippen MR) is 158 cm³/mol. The van der Waals surface area contributed by atoms with Gasteiger partial charge < -0.3 is 15.0 Å². The first kappa shape index (κ1) is 27.1. The third-order valence-corrected chi connectivity index (χ3v) is 7.70. The normalized spacial score (nSPS) is 14.4. The fraction of sp³-hybridized carbons (Fsp3) is 0.300. The van der Waals surface area contributed by atoms with Gasteiger partial charge in [0.2, 0.25) is 0 Å². The Balaban J connectivity index is 1.32. The molecule has 9 heteroatoms. The molecule has 1 aliphatic rings. The number of nitrogens with zero attached hydrogens (tertiary/aromatic N) is 3. The van der Waals surface area contributed by atoms with Crippen LogP contribution < -0.4 is 5.32 Å². The van der Waals surface area contributed by atoms with Crippen LogP contribution in [0.15, 0.2) is 66.7 Å². The molecule has 1 aromatic heterocycles. The lowest BCUT2D eigenvalue weighted by atomic mass is 10.1.